The van der Waals surface area contributed by atoms with Crippen LogP contribution < -0.4 is 0 Å². The van der Waals surface area contributed by atoms with E-state index in [9.17, 15) is 4.79 Å². The normalized spacial score (nSPS) is 15.0. The molecule has 0 spiro atoms. The molecule has 0 amide bonds. The van der Waals surface area contributed by atoms with Crippen LogP contribution in [0.1, 0.15) is 20.3 Å². The van der Waals surface area contributed by atoms with E-state index in [1.807, 2.05) is 26.6 Å². The molecule has 3 heteroatoms. The molecule has 0 bridgehead atoms. The van der Waals surface area contributed by atoms with E-state index in [0.717, 1.165) is 30.0 Å². The summed E-state index contributed by atoms with van der Waals surface area (Å²) in [6, 6.07) is 0. The Morgan fingerprint density at radius 3 is 2.50 bits per heavy atom. The summed E-state index contributed by atoms with van der Waals surface area (Å²) in [5.74, 6) is 1.29. The third-order valence-corrected chi connectivity index (χ3v) is 3.74. The van der Waals surface area contributed by atoms with Crippen molar-refractivity contribution >= 4 is 19.8 Å². The summed E-state index contributed by atoms with van der Waals surface area (Å²) >= 11 is 0. The standard InChI is InChI=1S/C13H21O2P/c1-5-12(6-7-16(4)10-15)13(9-14)8-11(2)3/h5,8-10,15-16H,2,6-7H2,1,3-4H3/b12-5-,13-8-. The van der Waals surface area contributed by atoms with Gasteiger partial charge in [0.15, 0.2) is 0 Å². The van der Waals surface area contributed by atoms with Crippen molar-refractivity contribution < 1.29 is 9.90 Å². The van der Waals surface area contributed by atoms with Gasteiger partial charge in [0.2, 0.25) is 0 Å². The van der Waals surface area contributed by atoms with Crippen LogP contribution >= 0.6 is 7.55 Å². The van der Waals surface area contributed by atoms with Crippen LogP contribution in [0.15, 0.2) is 35.5 Å². The number of aliphatic hydroxyl groups is 1. The van der Waals surface area contributed by atoms with E-state index in [1.165, 1.54) is 5.98 Å². The molecule has 2 nitrogen and oxygen atoms in total. The van der Waals surface area contributed by atoms with Crippen molar-refractivity contribution in [1.29, 1.82) is 0 Å². The van der Waals surface area contributed by atoms with Crippen molar-refractivity contribution in [2.45, 2.75) is 20.3 Å². The van der Waals surface area contributed by atoms with E-state index < -0.39 is 7.55 Å². The van der Waals surface area contributed by atoms with Gasteiger partial charge in [-0.05, 0) is 44.7 Å². The van der Waals surface area contributed by atoms with E-state index in [0.29, 0.717) is 5.57 Å². The monoisotopic (exact) mass is 240 g/mol. The summed E-state index contributed by atoms with van der Waals surface area (Å²) in [6.07, 6.45) is 6.38. The Kier molecular flexibility index (Phi) is 7.88. The summed E-state index contributed by atoms with van der Waals surface area (Å²) < 4.78 is 0. The fourth-order valence-electron chi connectivity index (χ4n) is 1.32. The van der Waals surface area contributed by atoms with Gasteiger partial charge in [-0.3, -0.25) is 4.79 Å². The number of allylic oxidation sites excluding steroid dienone is 5. The second kappa shape index (κ2) is 8.32. The zero-order chi connectivity index (χ0) is 12.6. The molecule has 0 rings (SSSR count). The van der Waals surface area contributed by atoms with Crippen molar-refractivity contribution in [3.8, 4) is 0 Å². The lowest BCUT2D eigenvalue weighted by Crippen LogP contribution is -1.94. The maximum Gasteiger partial charge on any atom is 0.150 e. The minimum absolute atomic E-state index is 0.697. The lowest BCUT2D eigenvalue weighted by Gasteiger charge is -2.07. The molecular weight excluding hydrogens is 219 g/mol. The number of carbonyl (C=O) groups excluding carboxylic acids is 1. The summed E-state index contributed by atoms with van der Waals surface area (Å²) in [5.41, 5.74) is 2.60. The molecular formula is C13H21O2P. The molecule has 0 saturated heterocycles. The van der Waals surface area contributed by atoms with Crippen LogP contribution in [0.4, 0.5) is 0 Å². The Labute approximate surface area is 98.8 Å². The van der Waals surface area contributed by atoms with Crippen LogP contribution in [0.2, 0.25) is 0 Å². The van der Waals surface area contributed by atoms with Crippen molar-refractivity contribution in [3.05, 3.63) is 35.5 Å². The number of aldehydes is 1. The third-order valence-electron chi connectivity index (χ3n) is 2.26. The molecule has 0 radical (unpaired) electrons. The largest absolute Gasteiger partial charge is 0.369 e. The molecule has 90 valence electrons. The number of rotatable bonds is 6. The van der Waals surface area contributed by atoms with Gasteiger partial charge in [-0.25, -0.2) is 0 Å². The maximum absolute atomic E-state index is 11.0. The first-order chi connectivity index (χ1) is 7.54. The van der Waals surface area contributed by atoms with Crippen molar-refractivity contribution in [1.82, 2.24) is 0 Å². The second-order valence-corrected chi connectivity index (χ2v) is 6.30. The predicted molar refractivity (Wildman–Crippen MR) is 74.4 cm³/mol. The average molecular weight is 240 g/mol. The first kappa shape index (κ1) is 15.2. The van der Waals surface area contributed by atoms with Crippen LogP contribution in [-0.2, 0) is 4.79 Å². The molecule has 0 aliphatic heterocycles. The summed E-state index contributed by atoms with van der Waals surface area (Å²) in [5, 5.41) is 8.86. The Balaban J connectivity index is 4.73. The van der Waals surface area contributed by atoms with Crippen LogP contribution in [0.25, 0.3) is 0 Å². The summed E-state index contributed by atoms with van der Waals surface area (Å²) in [6.45, 7) is 9.61. The van der Waals surface area contributed by atoms with Crippen LogP contribution in [0.3, 0.4) is 0 Å². The van der Waals surface area contributed by atoms with E-state index in [1.54, 1.807) is 6.08 Å². The molecule has 16 heavy (non-hydrogen) atoms. The smallest absolute Gasteiger partial charge is 0.150 e. The second-order valence-electron chi connectivity index (χ2n) is 3.85. The van der Waals surface area contributed by atoms with Gasteiger partial charge in [0.05, 0.1) is 0 Å². The summed E-state index contributed by atoms with van der Waals surface area (Å²) in [7, 11) is -0.779. The van der Waals surface area contributed by atoms with Gasteiger partial charge in [-0.2, -0.15) is 0 Å². The molecule has 1 unspecified atom stereocenters. The zero-order valence-corrected chi connectivity index (χ0v) is 11.3. The van der Waals surface area contributed by atoms with E-state index in [-0.39, 0.29) is 0 Å². The van der Waals surface area contributed by atoms with E-state index >= 15 is 0 Å². The topological polar surface area (TPSA) is 37.3 Å². The minimum atomic E-state index is -0.779. The average Bonchev–Trinajstić information content (AvgIpc) is 2.27. The number of hydrogen-bond acceptors (Lipinski definition) is 1. The predicted octanol–water partition coefficient (Wildman–Crippen LogP) is 3.00. The van der Waals surface area contributed by atoms with Gasteiger partial charge in [0, 0.05) is 11.6 Å². The SMILES string of the molecule is C=C(C)/C=C(C=O)\C(=C/C)CC/[PH](C)=C\O. The Bertz CT molecular complexity index is 349. The van der Waals surface area contributed by atoms with Crippen LogP contribution in [0, 0.1) is 0 Å². The quantitative estimate of drug-likeness (QED) is 0.335. The number of hydrogen-bond donors (Lipinski definition) is 1. The van der Waals surface area contributed by atoms with Crippen molar-refractivity contribution in [2.75, 3.05) is 12.8 Å². The molecule has 0 aliphatic rings. The first-order valence-electron chi connectivity index (χ1n) is 5.33. The van der Waals surface area contributed by atoms with E-state index in [4.69, 9.17) is 5.11 Å². The van der Waals surface area contributed by atoms with Crippen LogP contribution in [0.5, 0.6) is 0 Å². The van der Waals surface area contributed by atoms with Crippen molar-refractivity contribution in [3.63, 3.8) is 0 Å². The highest BCUT2D eigenvalue weighted by Crippen LogP contribution is 2.22. The fraction of sp³-hybridized carbons (Fsp3) is 0.385. The van der Waals surface area contributed by atoms with Gasteiger partial charge >= 0.3 is 0 Å². The van der Waals surface area contributed by atoms with Gasteiger partial charge in [0.25, 0.3) is 0 Å². The number of carbonyl (C=O) groups is 1. The lowest BCUT2D eigenvalue weighted by atomic mass is 10.0. The lowest BCUT2D eigenvalue weighted by molar-refractivity contribution is -0.104. The summed E-state index contributed by atoms with van der Waals surface area (Å²) in [4.78, 5) is 11.0. The number of aliphatic hydroxyl groups excluding tert-OH is 1. The Morgan fingerprint density at radius 2 is 2.12 bits per heavy atom. The van der Waals surface area contributed by atoms with Gasteiger partial charge < -0.3 is 5.11 Å². The Hall–Kier alpha value is -0.850. The van der Waals surface area contributed by atoms with Gasteiger partial charge in [-0.15, -0.1) is 0 Å². The van der Waals surface area contributed by atoms with Gasteiger partial charge in [-0.1, -0.05) is 25.8 Å². The molecule has 1 N–H and O–H groups in total. The van der Waals surface area contributed by atoms with Crippen LogP contribution in [-0.4, -0.2) is 30.2 Å². The molecule has 0 heterocycles. The molecule has 1 atom stereocenters. The maximum atomic E-state index is 11.0. The van der Waals surface area contributed by atoms with Crippen molar-refractivity contribution in [2.24, 2.45) is 0 Å². The molecule has 0 saturated carbocycles. The highest BCUT2D eigenvalue weighted by molar-refractivity contribution is 7.56. The molecule has 0 aliphatic carbocycles. The molecule has 0 aromatic rings. The third kappa shape index (κ3) is 5.89. The minimum Gasteiger partial charge on any atom is -0.369 e. The van der Waals surface area contributed by atoms with Gasteiger partial charge in [0.1, 0.15) is 6.29 Å². The first-order valence-corrected chi connectivity index (χ1v) is 7.61. The zero-order valence-electron chi connectivity index (χ0n) is 10.3. The highest BCUT2D eigenvalue weighted by atomic mass is 31.1. The Morgan fingerprint density at radius 1 is 1.50 bits per heavy atom. The molecule has 0 fully saturated rings. The molecule has 0 aromatic carbocycles. The fourth-order valence-corrected chi connectivity index (χ4v) is 2.11. The highest BCUT2D eigenvalue weighted by Gasteiger charge is 2.03. The van der Waals surface area contributed by atoms with E-state index in [2.05, 4.69) is 6.58 Å². The molecule has 0 aromatic heterocycles.